The van der Waals surface area contributed by atoms with Gasteiger partial charge < -0.3 is 16.0 Å². The van der Waals surface area contributed by atoms with Crippen LogP contribution in [0.25, 0.3) is 0 Å². The van der Waals surface area contributed by atoms with E-state index in [1.807, 2.05) is 44.2 Å². The lowest BCUT2D eigenvalue weighted by atomic mass is 10.0. The molecular weight excluding hydrogens is 384 g/mol. The van der Waals surface area contributed by atoms with Crippen molar-refractivity contribution in [3.8, 4) is 0 Å². The molecule has 0 spiro atoms. The maximum Gasteiger partial charge on any atom is 0.315 e. The maximum absolute atomic E-state index is 12.9. The van der Waals surface area contributed by atoms with Crippen molar-refractivity contribution in [1.82, 2.24) is 21.4 Å². The molecule has 30 heavy (non-hydrogen) atoms. The number of hydroxylamine groups is 1. The molecule has 0 aliphatic carbocycles. The SMILES string of the molecule is CC(C)C[C@H](NC(=O)NCc1ccccc1)C(=O)N[C@H](C(=O)NO)c1ccccc1. The lowest BCUT2D eigenvalue weighted by Gasteiger charge is -2.24. The van der Waals surface area contributed by atoms with Gasteiger partial charge in [0.05, 0.1) is 0 Å². The average Bonchev–Trinajstić information content (AvgIpc) is 2.76. The normalized spacial score (nSPS) is 12.5. The van der Waals surface area contributed by atoms with Gasteiger partial charge in [0.15, 0.2) is 0 Å². The second-order valence-corrected chi connectivity index (χ2v) is 7.32. The number of urea groups is 1. The summed E-state index contributed by atoms with van der Waals surface area (Å²) in [6, 6.07) is 15.5. The van der Waals surface area contributed by atoms with Gasteiger partial charge in [-0.2, -0.15) is 0 Å². The van der Waals surface area contributed by atoms with Gasteiger partial charge in [0.2, 0.25) is 5.91 Å². The Morgan fingerprint density at radius 3 is 2.03 bits per heavy atom. The summed E-state index contributed by atoms with van der Waals surface area (Å²) in [6.45, 7) is 4.18. The summed E-state index contributed by atoms with van der Waals surface area (Å²) < 4.78 is 0. The molecule has 0 radical (unpaired) electrons. The van der Waals surface area contributed by atoms with Gasteiger partial charge in [-0.25, -0.2) is 10.3 Å². The molecule has 0 saturated carbocycles. The highest BCUT2D eigenvalue weighted by Crippen LogP contribution is 2.14. The fourth-order valence-corrected chi connectivity index (χ4v) is 2.94. The van der Waals surface area contributed by atoms with Crippen LogP contribution in [0.5, 0.6) is 0 Å². The van der Waals surface area contributed by atoms with E-state index in [2.05, 4.69) is 16.0 Å². The molecule has 0 heterocycles. The molecule has 2 aromatic carbocycles. The molecule has 0 fully saturated rings. The number of amides is 4. The lowest BCUT2D eigenvalue weighted by Crippen LogP contribution is -2.52. The first kappa shape index (κ1) is 22.9. The molecule has 8 heteroatoms. The summed E-state index contributed by atoms with van der Waals surface area (Å²) in [6.07, 6.45) is 0.382. The summed E-state index contributed by atoms with van der Waals surface area (Å²) in [5.74, 6) is -1.17. The third-order valence-electron chi connectivity index (χ3n) is 4.42. The average molecular weight is 412 g/mol. The first-order chi connectivity index (χ1) is 14.4. The minimum absolute atomic E-state index is 0.122. The molecule has 0 unspecified atom stereocenters. The quantitative estimate of drug-likeness (QED) is 0.321. The van der Waals surface area contributed by atoms with E-state index in [1.54, 1.807) is 35.8 Å². The van der Waals surface area contributed by atoms with Gasteiger partial charge in [-0.1, -0.05) is 74.5 Å². The monoisotopic (exact) mass is 412 g/mol. The van der Waals surface area contributed by atoms with E-state index in [0.717, 1.165) is 5.56 Å². The topological polar surface area (TPSA) is 120 Å². The number of rotatable bonds is 9. The van der Waals surface area contributed by atoms with Gasteiger partial charge in [0.25, 0.3) is 5.91 Å². The minimum atomic E-state index is -1.09. The van der Waals surface area contributed by atoms with E-state index in [4.69, 9.17) is 5.21 Å². The highest BCUT2D eigenvalue weighted by molar-refractivity contribution is 5.92. The van der Waals surface area contributed by atoms with E-state index in [1.165, 1.54) is 0 Å². The maximum atomic E-state index is 12.9. The zero-order valence-electron chi connectivity index (χ0n) is 17.1. The largest absolute Gasteiger partial charge is 0.339 e. The molecule has 0 aliphatic rings. The van der Waals surface area contributed by atoms with Gasteiger partial charge in [-0.3, -0.25) is 14.8 Å². The minimum Gasteiger partial charge on any atom is -0.339 e. The molecular formula is C22H28N4O4. The van der Waals surface area contributed by atoms with Crippen LogP contribution in [0.15, 0.2) is 60.7 Å². The zero-order chi connectivity index (χ0) is 21.9. The Labute approximate surface area is 176 Å². The molecule has 2 rings (SSSR count). The van der Waals surface area contributed by atoms with Crippen molar-refractivity contribution in [2.24, 2.45) is 5.92 Å². The molecule has 0 bridgehead atoms. The van der Waals surface area contributed by atoms with E-state index >= 15 is 0 Å². The highest BCUT2D eigenvalue weighted by Gasteiger charge is 2.28. The smallest absolute Gasteiger partial charge is 0.315 e. The van der Waals surface area contributed by atoms with Crippen molar-refractivity contribution >= 4 is 17.8 Å². The first-order valence-corrected chi connectivity index (χ1v) is 9.78. The Morgan fingerprint density at radius 1 is 0.867 bits per heavy atom. The van der Waals surface area contributed by atoms with Crippen molar-refractivity contribution in [2.45, 2.75) is 38.9 Å². The van der Waals surface area contributed by atoms with Crippen LogP contribution in [0.3, 0.4) is 0 Å². The van der Waals surface area contributed by atoms with Crippen LogP contribution < -0.4 is 21.4 Å². The molecule has 0 aromatic heterocycles. The van der Waals surface area contributed by atoms with Crippen LogP contribution in [0.1, 0.15) is 37.4 Å². The Balaban J connectivity index is 2.05. The molecule has 5 N–H and O–H groups in total. The molecule has 2 atom stereocenters. The van der Waals surface area contributed by atoms with E-state index in [9.17, 15) is 14.4 Å². The third-order valence-corrected chi connectivity index (χ3v) is 4.42. The van der Waals surface area contributed by atoms with Crippen molar-refractivity contribution < 1.29 is 19.6 Å². The van der Waals surface area contributed by atoms with Crippen molar-refractivity contribution in [3.63, 3.8) is 0 Å². The Morgan fingerprint density at radius 2 is 1.47 bits per heavy atom. The number of nitrogens with one attached hydrogen (secondary N) is 4. The van der Waals surface area contributed by atoms with Crippen LogP contribution in [0.2, 0.25) is 0 Å². The number of carbonyl (C=O) groups excluding carboxylic acids is 3. The molecule has 0 saturated heterocycles. The fourth-order valence-electron chi connectivity index (χ4n) is 2.94. The third kappa shape index (κ3) is 7.21. The number of benzene rings is 2. The van der Waals surface area contributed by atoms with Crippen LogP contribution in [0, 0.1) is 5.92 Å². The molecule has 8 nitrogen and oxygen atoms in total. The van der Waals surface area contributed by atoms with Crippen LogP contribution >= 0.6 is 0 Å². The number of hydrogen-bond acceptors (Lipinski definition) is 4. The predicted molar refractivity (Wildman–Crippen MR) is 112 cm³/mol. The summed E-state index contributed by atoms with van der Waals surface area (Å²) in [7, 11) is 0. The summed E-state index contributed by atoms with van der Waals surface area (Å²) in [5, 5.41) is 17.1. The van der Waals surface area contributed by atoms with Crippen LogP contribution in [0.4, 0.5) is 4.79 Å². The lowest BCUT2D eigenvalue weighted by molar-refractivity contribution is -0.135. The molecule has 0 aliphatic heterocycles. The fraction of sp³-hybridized carbons (Fsp3) is 0.318. The number of carbonyl (C=O) groups is 3. The van der Waals surface area contributed by atoms with Crippen molar-refractivity contribution in [3.05, 3.63) is 71.8 Å². The first-order valence-electron chi connectivity index (χ1n) is 9.78. The Bertz CT molecular complexity index is 828. The summed E-state index contributed by atoms with van der Waals surface area (Å²) in [4.78, 5) is 37.3. The standard InChI is InChI=1S/C22H28N4O4/c1-15(2)13-18(24-22(29)23-14-16-9-5-3-6-10-16)20(27)25-19(21(28)26-30)17-11-7-4-8-12-17/h3-12,15,18-19,30H,13-14H2,1-2H3,(H,25,27)(H,26,28)(H2,23,24,29)/t18-,19-/m0/s1. The van der Waals surface area contributed by atoms with Gasteiger partial charge in [-0.05, 0) is 23.5 Å². The van der Waals surface area contributed by atoms with E-state index < -0.39 is 29.9 Å². The van der Waals surface area contributed by atoms with E-state index in [-0.39, 0.29) is 5.92 Å². The Hall–Kier alpha value is -3.39. The predicted octanol–water partition coefficient (Wildman–Crippen LogP) is 2.26. The van der Waals surface area contributed by atoms with Gasteiger partial charge in [0.1, 0.15) is 12.1 Å². The van der Waals surface area contributed by atoms with Gasteiger partial charge in [0, 0.05) is 6.54 Å². The second kappa shape index (κ2) is 11.6. The van der Waals surface area contributed by atoms with Crippen LogP contribution in [-0.4, -0.2) is 29.1 Å². The van der Waals surface area contributed by atoms with Crippen LogP contribution in [-0.2, 0) is 16.1 Å². The molecule has 160 valence electrons. The Kier molecular flexibility index (Phi) is 8.83. The summed E-state index contributed by atoms with van der Waals surface area (Å²) in [5.41, 5.74) is 3.01. The number of hydrogen-bond donors (Lipinski definition) is 5. The molecule has 2 aromatic rings. The summed E-state index contributed by atoms with van der Waals surface area (Å²) >= 11 is 0. The highest BCUT2D eigenvalue weighted by atomic mass is 16.5. The van der Waals surface area contributed by atoms with Gasteiger partial charge in [-0.15, -0.1) is 0 Å². The van der Waals surface area contributed by atoms with Gasteiger partial charge >= 0.3 is 6.03 Å². The molecule has 4 amide bonds. The second-order valence-electron chi connectivity index (χ2n) is 7.32. The van der Waals surface area contributed by atoms with Crippen molar-refractivity contribution in [2.75, 3.05) is 0 Å². The zero-order valence-corrected chi connectivity index (χ0v) is 17.1. The van der Waals surface area contributed by atoms with Crippen molar-refractivity contribution in [1.29, 1.82) is 0 Å². The van der Waals surface area contributed by atoms with E-state index in [0.29, 0.717) is 18.5 Å².